The largest absolute Gasteiger partial charge is 0.318 e. The number of hydroxylamine groups is 2. The minimum absolute atomic E-state index is 0.143. The van der Waals surface area contributed by atoms with Crippen LogP contribution < -0.4 is 5.73 Å². The molecule has 1 fully saturated rings. The van der Waals surface area contributed by atoms with Gasteiger partial charge in [0.05, 0.1) is 13.2 Å². The van der Waals surface area contributed by atoms with Crippen molar-refractivity contribution < 1.29 is 9.63 Å². The summed E-state index contributed by atoms with van der Waals surface area (Å²) in [6.07, 6.45) is 0. The van der Waals surface area contributed by atoms with E-state index in [1.807, 2.05) is 31.2 Å². The number of rotatable bonds is 2. The molecule has 0 saturated carbocycles. The fourth-order valence-corrected chi connectivity index (χ4v) is 1.47. The first kappa shape index (κ1) is 10.1. The fourth-order valence-electron chi connectivity index (χ4n) is 1.47. The van der Waals surface area contributed by atoms with Crippen LogP contribution in [0.5, 0.6) is 0 Å². The Kier molecular flexibility index (Phi) is 2.70. The molecular formula is C11H14N2O2. The molecule has 0 bridgehead atoms. The minimum atomic E-state index is -0.504. The van der Waals surface area contributed by atoms with Gasteiger partial charge >= 0.3 is 0 Å². The summed E-state index contributed by atoms with van der Waals surface area (Å²) in [5.74, 6) is -0.143. The van der Waals surface area contributed by atoms with E-state index in [2.05, 4.69) is 0 Å². The molecule has 1 aliphatic heterocycles. The van der Waals surface area contributed by atoms with Gasteiger partial charge in [0.1, 0.15) is 6.04 Å². The molecule has 80 valence electrons. The third-order valence-corrected chi connectivity index (χ3v) is 2.42. The number of aryl methyl sites for hydroxylation is 1. The van der Waals surface area contributed by atoms with E-state index in [1.54, 1.807) is 0 Å². The predicted molar refractivity (Wildman–Crippen MR) is 55.7 cm³/mol. The second kappa shape index (κ2) is 4.00. The molecule has 1 saturated heterocycles. The highest BCUT2D eigenvalue weighted by Gasteiger charge is 2.29. The lowest BCUT2D eigenvalue weighted by atomic mass is 10.1. The molecule has 0 aromatic heterocycles. The Labute approximate surface area is 88.6 Å². The van der Waals surface area contributed by atoms with Gasteiger partial charge in [-0.05, 0) is 12.5 Å². The van der Waals surface area contributed by atoms with E-state index in [0.29, 0.717) is 6.54 Å². The second-order valence-corrected chi connectivity index (χ2v) is 3.76. The number of carbonyl (C=O) groups is 1. The zero-order valence-electron chi connectivity index (χ0n) is 8.64. The number of nitrogens with zero attached hydrogens (tertiary/aromatic N) is 1. The summed E-state index contributed by atoms with van der Waals surface area (Å²) in [6, 6.07) is 7.48. The van der Waals surface area contributed by atoms with Gasteiger partial charge in [-0.15, -0.1) is 0 Å². The average Bonchev–Trinajstić information content (AvgIpc) is 2.53. The zero-order valence-corrected chi connectivity index (χ0v) is 8.64. The van der Waals surface area contributed by atoms with Gasteiger partial charge in [-0.3, -0.25) is 9.63 Å². The van der Waals surface area contributed by atoms with Crippen LogP contribution in [0.3, 0.4) is 0 Å². The maximum Gasteiger partial charge on any atom is 0.265 e. The molecule has 0 spiro atoms. The maximum atomic E-state index is 11.5. The van der Waals surface area contributed by atoms with Crippen molar-refractivity contribution in [2.75, 3.05) is 6.61 Å². The highest BCUT2D eigenvalue weighted by molar-refractivity contribution is 5.82. The van der Waals surface area contributed by atoms with Gasteiger partial charge in [-0.25, -0.2) is 5.06 Å². The predicted octanol–water partition coefficient (Wildman–Crippen LogP) is 0.596. The molecule has 1 atom stereocenters. The van der Waals surface area contributed by atoms with Gasteiger partial charge in [0.2, 0.25) is 0 Å². The van der Waals surface area contributed by atoms with Crippen molar-refractivity contribution in [2.45, 2.75) is 19.5 Å². The third kappa shape index (κ3) is 2.16. The summed E-state index contributed by atoms with van der Waals surface area (Å²) in [6.45, 7) is 2.77. The number of hydrogen-bond acceptors (Lipinski definition) is 3. The first-order valence-corrected chi connectivity index (χ1v) is 4.92. The molecule has 2 rings (SSSR count). The van der Waals surface area contributed by atoms with Gasteiger partial charge < -0.3 is 5.73 Å². The highest BCUT2D eigenvalue weighted by atomic mass is 16.7. The van der Waals surface area contributed by atoms with Crippen molar-refractivity contribution in [3.63, 3.8) is 0 Å². The Morgan fingerprint density at radius 1 is 1.47 bits per heavy atom. The quantitative estimate of drug-likeness (QED) is 0.770. The summed E-state index contributed by atoms with van der Waals surface area (Å²) in [7, 11) is 0. The van der Waals surface area contributed by atoms with Crippen LogP contribution in [0, 0.1) is 6.92 Å². The van der Waals surface area contributed by atoms with Gasteiger partial charge in [0.25, 0.3) is 5.91 Å². The van der Waals surface area contributed by atoms with Crippen LogP contribution >= 0.6 is 0 Å². The average molecular weight is 206 g/mol. The molecule has 15 heavy (non-hydrogen) atoms. The summed E-state index contributed by atoms with van der Waals surface area (Å²) >= 11 is 0. The summed E-state index contributed by atoms with van der Waals surface area (Å²) < 4.78 is 0. The Morgan fingerprint density at radius 2 is 2.13 bits per heavy atom. The Bertz CT molecular complexity index is 361. The number of amides is 1. The first-order valence-electron chi connectivity index (χ1n) is 4.92. The molecule has 2 N–H and O–H groups in total. The monoisotopic (exact) mass is 206 g/mol. The Hall–Kier alpha value is -1.39. The number of benzene rings is 1. The Balaban J connectivity index is 2.03. The van der Waals surface area contributed by atoms with Crippen molar-refractivity contribution >= 4 is 5.91 Å². The van der Waals surface area contributed by atoms with Crippen LogP contribution in [0.25, 0.3) is 0 Å². The number of carbonyl (C=O) groups excluding carboxylic acids is 1. The standard InChI is InChI=1S/C11H14N2O2/c1-8-2-4-9(5-3-8)6-13-11(14)10(12)7-15-13/h2-5,10H,6-7,12H2,1H3. The molecule has 0 radical (unpaired) electrons. The Morgan fingerprint density at radius 3 is 2.67 bits per heavy atom. The van der Waals surface area contributed by atoms with E-state index >= 15 is 0 Å². The van der Waals surface area contributed by atoms with Gasteiger partial charge in [0.15, 0.2) is 0 Å². The lowest BCUT2D eigenvalue weighted by Crippen LogP contribution is -2.34. The molecule has 1 heterocycles. The zero-order chi connectivity index (χ0) is 10.8. The third-order valence-electron chi connectivity index (χ3n) is 2.42. The normalized spacial score (nSPS) is 21.1. The topological polar surface area (TPSA) is 55.6 Å². The maximum absolute atomic E-state index is 11.5. The molecule has 4 heteroatoms. The second-order valence-electron chi connectivity index (χ2n) is 3.76. The first-order chi connectivity index (χ1) is 7.16. The lowest BCUT2D eigenvalue weighted by Gasteiger charge is -2.13. The van der Waals surface area contributed by atoms with E-state index in [4.69, 9.17) is 10.6 Å². The van der Waals surface area contributed by atoms with E-state index in [-0.39, 0.29) is 12.5 Å². The fraction of sp³-hybridized carbons (Fsp3) is 0.364. The molecular weight excluding hydrogens is 192 g/mol. The summed E-state index contributed by atoms with van der Waals surface area (Å²) in [5, 5.41) is 1.33. The van der Waals surface area contributed by atoms with Gasteiger partial charge in [0, 0.05) is 0 Å². The van der Waals surface area contributed by atoms with Gasteiger partial charge in [-0.2, -0.15) is 0 Å². The van der Waals surface area contributed by atoms with Crippen molar-refractivity contribution in [3.8, 4) is 0 Å². The van der Waals surface area contributed by atoms with Crippen LogP contribution in [0.1, 0.15) is 11.1 Å². The number of hydrogen-bond donors (Lipinski definition) is 1. The van der Waals surface area contributed by atoms with Crippen LogP contribution in [-0.2, 0) is 16.2 Å². The van der Waals surface area contributed by atoms with E-state index in [0.717, 1.165) is 5.56 Å². The smallest absolute Gasteiger partial charge is 0.265 e. The van der Waals surface area contributed by atoms with Crippen LogP contribution in [0.15, 0.2) is 24.3 Å². The van der Waals surface area contributed by atoms with Crippen LogP contribution in [0.2, 0.25) is 0 Å². The van der Waals surface area contributed by atoms with E-state index < -0.39 is 6.04 Å². The van der Waals surface area contributed by atoms with E-state index in [9.17, 15) is 4.79 Å². The number of nitrogens with two attached hydrogens (primary N) is 1. The van der Waals surface area contributed by atoms with Crippen molar-refractivity contribution in [2.24, 2.45) is 5.73 Å². The molecule has 1 aromatic carbocycles. The van der Waals surface area contributed by atoms with E-state index in [1.165, 1.54) is 10.6 Å². The van der Waals surface area contributed by atoms with Crippen molar-refractivity contribution in [1.29, 1.82) is 0 Å². The molecule has 1 aromatic rings. The molecule has 0 aliphatic carbocycles. The van der Waals surface area contributed by atoms with Crippen LogP contribution in [0.4, 0.5) is 0 Å². The minimum Gasteiger partial charge on any atom is -0.318 e. The highest BCUT2D eigenvalue weighted by Crippen LogP contribution is 2.12. The summed E-state index contributed by atoms with van der Waals surface area (Å²) in [5.41, 5.74) is 7.77. The van der Waals surface area contributed by atoms with Crippen LogP contribution in [-0.4, -0.2) is 23.6 Å². The summed E-state index contributed by atoms with van der Waals surface area (Å²) in [4.78, 5) is 16.6. The van der Waals surface area contributed by atoms with Crippen molar-refractivity contribution in [3.05, 3.63) is 35.4 Å². The molecule has 1 amide bonds. The molecule has 4 nitrogen and oxygen atoms in total. The molecule has 1 unspecified atom stereocenters. The van der Waals surface area contributed by atoms with Gasteiger partial charge in [-0.1, -0.05) is 29.8 Å². The van der Waals surface area contributed by atoms with Crippen molar-refractivity contribution in [1.82, 2.24) is 5.06 Å². The lowest BCUT2D eigenvalue weighted by molar-refractivity contribution is -0.164. The SMILES string of the molecule is Cc1ccc(CN2OCC(N)C2=O)cc1. The molecule has 1 aliphatic rings.